The first kappa shape index (κ1) is 13.4. The van der Waals surface area contributed by atoms with Crippen LogP contribution >= 0.6 is 0 Å². The van der Waals surface area contributed by atoms with E-state index in [4.69, 9.17) is 10.4 Å². The van der Waals surface area contributed by atoms with Gasteiger partial charge in [0, 0.05) is 6.07 Å². The van der Waals surface area contributed by atoms with Crippen molar-refractivity contribution in [1.29, 1.82) is 5.26 Å². The van der Waals surface area contributed by atoms with Crippen LogP contribution in [0.15, 0.2) is 35.1 Å². The summed E-state index contributed by atoms with van der Waals surface area (Å²) in [4.78, 5) is 22.4. The van der Waals surface area contributed by atoms with Crippen LogP contribution < -0.4 is 5.56 Å². The summed E-state index contributed by atoms with van der Waals surface area (Å²) < 4.78 is 14.2. The molecule has 0 atom stereocenters. The third-order valence-electron chi connectivity index (χ3n) is 2.50. The van der Waals surface area contributed by atoms with E-state index in [0.717, 1.165) is 28.9 Å². The Morgan fingerprint density at radius 3 is 2.80 bits per heavy atom. The zero-order chi connectivity index (χ0) is 14.7. The minimum atomic E-state index is -1.27. The number of hydrogen-bond donors (Lipinski definition) is 1. The van der Waals surface area contributed by atoms with Crippen LogP contribution in [0.5, 0.6) is 0 Å². The van der Waals surface area contributed by atoms with Crippen LogP contribution in [-0.4, -0.2) is 20.9 Å². The second-order valence-corrected chi connectivity index (χ2v) is 3.98. The van der Waals surface area contributed by atoms with Gasteiger partial charge in [0.2, 0.25) is 0 Å². The largest absolute Gasteiger partial charge is 0.476 e. The number of rotatable bonds is 3. The van der Waals surface area contributed by atoms with Gasteiger partial charge in [-0.05, 0) is 29.8 Å². The van der Waals surface area contributed by atoms with Crippen LogP contribution in [0.3, 0.4) is 0 Å². The Labute approximate surface area is 112 Å². The fourth-order valence-corrected chi connectivity index (χ4v) is 1.66. The summed E-state index contributed by atoms with van der Waals surface area (Å²) >= 11 is 0. The zero-order valence-electron chi connectivity index (χ0n) is 10.1. The van der Waals surface area contributed by atoms with Crippen LogP contribution in [0.25, 0.3) is 0 Å². The van der Waals surface area contributed by atoms with E-state index < -0.39 is 17.3 Å². The Kier molecular flexibility index (Phi) is 3.57. The highest BCUT2D eigenvalue weighted by atomic mass is 19.1. The third-order valence-corrected chi connectivity index (χ3v) is 2.50. The standard InChI is InChI=1S/C13H8FN3O3/c14-10-4-8(6-15)3-9(5-10)7-17-12(18)2-1-11(16-17)13(19)20/h1-5H,7H2,(H,19,20). The number of aromatic carboxylic acids is 1. The number of carboxylic acids is 1. The summed E-state index contributed by atoms with van der Waals surface area (Å²) in [6.45, 7) is -0.119. The average Bonchev–Trinajstić information content (AvgIpc) is 2.40. The summed E-state index contributed by atoms with van der Waals surface area (Å²) in [6, 6.07) is 7.58. The van der Waals surface area contributed by atoms with Crippen molar-refractivity contribution in [1.82, 2.24) is 9.78 Å². The number of aromatic nitrogens is 2. The predicted octanol–water partition coefficient (Wildman–Crippen LogP) is 1.00. The molecule has 0 aliphatic heterocycles. The maximum Gasteiger partial charge on any atom is 0.356 e. The number of benzene rings is 1. The molecule has 7 heteroatoms. The number of carbonyl (C=O) groups is 1. The predicted molar refractivity (Wildman–Crippen MR) is 65.7 cm³/mol. The molecule has 2 rings (SSSR count). The summed E-state index contributed by atoms with van der Waals surface area (Å²) in [7, 11) is 0. The normalized spacial score (nSPS) is 10.0. The lowest BCUT2D eigenvalue weighted by molar-refractivity contribution is 0.0687. The van der Waals surface area contributed by atoms with Gasteiger partial charge in [0.1, 0.15) is 5.82 Å². The molecule has 0 fully saturated rings. The second kappa shape index (κ2) is 5.32. The lowest BCUT2D eigenvalue weighted by Gasteiger charge is -2.06. The maximum atomic E-state index is 13.3. The molecule has 1 aromatic carbocycles. The lowest BCUT2D eigenvalue weighted by atomic mass is 10.1. The third kappa shape index (κ3) is 2.87. The zero-order valence-corrected chi connectivity index (χ0v) is 10.1. The lowest BCUT2D eigenvalue weighted by Crippen LogP contribution is -2.24. The molecule has 1 aromatic heterocycles. The fraction of sp³-hybridized carbons (Fsp3) is 0.0769. The molecular weight excluding hydrogens is 265 g/mol. The van der Waals surface area contributed by atoms with Crippen molar-refractivity contribution in [3.8, 4) is 6.07 Å². The van der Waals surface area contributed by atoms with Gasteiger partial charge in [-0.15, -0.1) is 0 Å². The van der Waals surface area contributed by atoms with E-state index in [1.54, 1.807) is 6.07 Å². The molecule has 0 aliphatic carbocycles. The van der Waals surface area contributed by atoms with Crippen LogP contribution in [-0.2, 0) is 6.54 Å². The first-order valence-electron chi connectivity index (χ1n) is 5.50. The van der Waals surface area contributed by atoms with Crippen molar-refractivity contribution >= 4 is 5.97 Å². The van der Waals surface area contributed by atoms with Gasteiger partial charge in [-0.3, -0.25) is 4.79 Å². The smallest absolute Gasteiger partial charge is 0.356 e. The molecule has 0 bridgehead atoms. The molecule has 1 heterocycles. The number of halogens is 1. The summed E-state index contributed by atoms with van der Waals surface area (Å²) in [5.74, 6) is -1.88. The van der Waals surface area contributed by atoms with Crippen molar-refractivity contribution in [2.75, 3.05) is 0 Å². The van der Waals surface area contributed by atoms with E-state index in [1.165, 1.54) is 6.07 Å². The van der Waals surface area contributed by atoms with Crippen molar-refractivity contribution in [3.05, 3.63) is 63.3 Å². The summed E-state index contributed by atoms with van der Waals surface area (Å²) in [5, 5.41) is 21.2. The van der Waals surface area contributed by atoms with E-state index in [2.05, 4.69) is 5.10 Å². The number of hydrogen-bond acceptors (Lipinski definition) is 4. The highest BCUT2D eigenvalue weighted by Gasteiger charge is 2.08. The van der Waals surface area contributed by atoms with Crippen LogP contribution in [0.2, 0.25) is 0 Å². The summed E-state index contributed by atoms with van der Waals surface area (Å²) in [6.07, 6.45) is 0. The van der Waals surface area contributed by atoms with Crippen LogP contribution in [0.1, 0.15) is 21.6 Å². The molecule has 0 amide bonds. The molecule has 0 saturated carbocycles. The molecule has 0 saturated heterocycles. The van der Waals surface area contributed by atoms with Crippen molar-refractivity contribution < 1.29 is 14.3 Å². The maximum absolute atomic E-state index is 13.3. The fourth-order valence-electron chi connectivity index (χ4n) is 1.66. The van der Waals surface area contributed by atoms with Gasteiger partial charge >= 0.3 is 5.97 Å². The SMILES string of the molecule is N#Cc1cc(F)cc(Cn2nc(C(=O)O)ccc2=O)c1. The highest BCUT2D eigenvalue weighted by Crippen LogP contribution is 2.09. The minimum Gasteiger partial charge on any atom is -0.476 e. The number of nitriles is 1. The molecule has 20 heavy (non-hydrogen) atoms. The van der Waals surface area contributed by atoms with Gasteiger partial charge in [0.05, 0.1) is 18.2 Å². The molecule has 0 unspecified atom stereocenters. The Bertz CT molecular complexity index is 777. The molecule has 0 aliphatic rings. The molecule has 2 aromatic rings. The van der Waals surface area contributed by atoms with Gasteiger partial charge in [0.15, 0.2) is 5.69 Å². The van der Waals surface area contributed by atoms with Crippen LogP contribution in [0, 0.1) is 17.1 Å². The average molecular weight is 273 g/mol. The van der Waals surface area contributed by atoms with Gasteiger partial charge < -0.3 is 5.11 Å². The Balaban J connectivity index is 2.42. The number of carboxylic acid groups (broad SMARTS) is 1. The molecule has 0 spiro atoms. The molecule has 0 radical (unpaired) electrons. The Morgan fingerprint density at radius 1 is 1.40 bits per heavy atom. The highest BCUT2D eigenvalue weighted by molar-refractivity contribution is 5.84. The van der Waals surface area contributed by atoms with E-state index in [0.29, 0.717) is 5.56 Å². The number of nitrogens with zero attached hydrogens (tertiary/aromatic N) is 3. The van der Waals surface area contributed by atoms with E-state index >= 15 is 0 Å². The van der Waals surface area contributed by atoms with E-state index in [-0.39, 0.29) is 17.8 Å². The van der Waals surface area contributed by atoms with Gasteiger partial charge in [-0.25, -0.2) is 13.9 Å². The molecular formula is C13H8FN3O3. The van der Waals surface area contributed by atoms with E-state index in [1.807, 2.05) is 0 Å². The molecule has 100 valence electrons. The van der Waals surface area contributed by atoms with Crippen molar-refractivity contribution in [3.63, 3.8) is 0 Å². The monoisotopic (exact) mass is 273 g/mol. The second-order valence-electron chi connectivity index (χ2n) is 3.98. The molecule has 1 N–H and O–H groups in total. The molecule has 6 nitrogen and oxygen atoms in total. The first-order chi connectivity index (χ1) is 9.49. The Hall–Kier alpha value is -3.01. The van der Waals surface area contributed by atoms with Gasteiger partial charge in [-0.2, -0.15) is 10.4 Å². The summed E-state index contributed by atoms with van der Waals surface area (Å²) in [5.41, 5.74) is -0.347. The van der Waals surface area contributed by atoms with Gasteiger partial charge in [-0.1, -0.05) is 0 Å². The van der Waals surface area contributed by atoms with Crippen molar-refractivity contribution in [2.45, 2.75) is 6.54 Å². The topological polar surface area (TPSA) is 96.0 Å². The van der Waals surface area contributed by atoms with E-state index in [9.17, 15) is 14.0 Å². The minimum absolute atomic E-state index is 0.113. The van der Waals surface area contributed by atoms with Crippen LogP contribution in [0.4, 0.5) is 4.39 Å². The van der Waals surface area contributed by atoms with Crippen molar-refractivity contribution in [2.24, 2.45) is 0 Å². The first-order valence-corrected chi connectivity index (χ1v) is 5.50. The quantitative estimate of drug-likeness (QED) is 0.899. The van der Waals surface area contributed by atoms with Gasteiger partial charge in [0.25, 0.3) is 5.56 Å². The Morgan fingerprint density at radius 2 is 2.15 bits per heavy atom.